The van der Waals surface area contributed by atoms with Gasteiger partial charge in [-0.2, -0.15) is 9.61 Å². The summed E-state index contributed by atoms with van der Waals surface area (Å²) < 4.78 is 3.15. The number of aliphatic hydroxyl groups is 1. The van der Waals surface area contributed by atoms with Crippen LogP contribution in [0.25, 0.3) is 5.65 Å². The van der Waals surface area contributed by atoms with Gasteiger partial charge in [0.15, 0.2) is 5.65 Å². The molecule has 10 nitrogen and oxygen atoms in total. The third kappa shape index (κ3) is 3.74. The Labute approximate surface area is 179 Å². The largest absolute Gasteiger partial charge is 0.388 e. The van der Waals surface area contributed by atoms with E-state index in [-0.39, 0.29) is 29.1 Å². The number of hydrogen-bond donors (Lipinski definition) is 4. The summed E-state index contributed by atoms with van der Waals surface area (Å²) in [5.74, 6) is 0.650. The molecule has 0 aromatic carbocycles. The van der Waals surface area contributed by atoms with Crippen molar-refractivity contribution >= 4 is 28.9 Å². The van der Waals surface area contributed by atoms with Crippen molar-refractivity contribution in [2.24, 2.45) is 0 Å². The van der Waals surface area contributed by atoms with E-state index in [1.54, 1.807) is 42.9 Å². The van der Waals surface area contributed by atoms with Gasteiger partial charge in [0.2, 0.25) is 0 Å². The fourth-order valence-corrected chi connectivity index (χ4v) is 3.69. The molecular weight excluding hydrogens is 398 g/mol. The lowest BCUT2D eigenvalue weighted by atomic mass is 9.76. The molecule has 1 saturated carbocycles. The van der Waals surface area contributed by atoms with Crippen LogP contribution in [0.5, 0.6) is 0 Å². The number of nitrogens with one attached hydrogen (secondary N) is 3. The molecule has 1 amide bonds. The minimum atomic E-state index is -0.904. The van der Waals surface area contributed by atoms with Crippen LogP contribution in [0.15, 0.2) is 35.4 Å². The lowest BCUT2D eigenvalue weighted by molar-refractivity contribution is -0.0486. The number of nitrogens with zero attached hydrogens (tertiary/aromatic N) is 4. The predicted molar refractivity (Wildman–Crippen MR) is 118 cm³/mol. The highest BCUT2D eigenvalue weighted by Gasteiger charge is 2.42. The molecule has 1 aliphatic carbocycles. The quantitative estimate of drug-likeness (QED) is 0.475. The maximum atomic E-state index is 12.8. The van der Waals surface area contributed by atoms with Crippen LogP contribution in [-0.2, 0) is 0 Å². The minimum absolute atomic E-state index is 0.0198. The van der Waals surface area contributed by atoms with E-state index < -0.39 is 5.60 Å². The van der Waals surface area contributed by atoms with Crippen LogP contribution in [0.1, 0.15) is 50.0 Å². The highest BCUT2D eigenvalue weighted by atomic mass is 16.3. The van der Waals surface area contributed by atoms with Crippen molar-refractivity contribution in [3.05, 3.63) is 46.5 Å². The Balaban J connectivity index is 1.70. The average molecular weight is 425 g/mol. The maximum absolute atomic E-state index is 12.8. The molecule has 31 heavy (non-hydrogen) atoms. The second kappa shape index (κ2) is 7.69. The van der Waals surface area contributed by atoms with Gasteiger partial charge < -0.3 is 25.6 Å². The van der Waals surface area contributed by atoms with E-state index >= 15 is 0 Å². The molecule has 4 N–H and O–H groups in total. The highest BCUT2D eigenvalue weighted by Crippen LogP contribution is 2.32. The van der Waals surface area contributed by atoms with E-state index in [9.17, 15) is 14.7 Å². The van der Waals surface area contributed by atoms with Crippen LogP contribution in [0.2, 0.25) is 0 Å². The Morgan fingerprint density at radius 3 is 2.77 bits per heavy atom. The zero-order chi connectivity index (χ0) is 22.3. The maximum Gasteiger partial charge on any atom is 0.274 e. The van der Waals surface area contributed by atoms with Gasteiger partial charge in [-0.1, -0.05) is 0 Å². The number of carbonyl (C=O) groups is 1. The van der Waals surface area contributed by atoms with Crippen LogP contribution < -0.4 is 21.5 Å². The molecule has 3 aromatic heterocycles. The molecule has 3 aromatic rings. The van der Waals surface area contributed by atoms with Crippen LogP contribution in [0.3, 0.4) is 0 Å². The normalized spacial score (nSPS) is 20.5. The molecule has 0 saturated heterocycles. The number of pyridine rings is 1. The topological polar surface area (TPSA) is 126 Å². The molecule has 0 bridgehead atoms. The lowest BCUT2D eigenvalue weighted by Gasteiger charge is -2.42. The van der Waals surface area contributed by atoms with E-state index in [4.69, 9.17) is 0 Å². The Kier molecular flexibility index (Phi) is 5.18. The van der Waals surface area contributed by atoms with Gasteiger partial charge in [-0.25, -0.2) is 4.98 Å². The summed E-state index contributed by atoms with van der Waals surface area (Å²) in [4.78, 5) is 30.1. The number of amides is 1. The summed E-state index contributed by atoms with van der Waals surface area (Å²) >= 11 is 0. The molecule has 0 spiro atoms. The molecule has 4 rings (SSSR count). The Bertz CT molecular complexity index is 1200. The van der Waals surface area contributed by atoms with Crippen LogP contribution in [0.4, 0.5) is 17.3 Å². The van der Waals surface area contributed by atoms with Crippen LogP contribution >= 0.6 is 0 Å². The van der Waals surface area contributed by atoms with E-state index in [0.29, 0.717) is 29.4 Å². The van der Waals surface area contributed by atoms with E-state index in [1.807, 2.05) is 13.8 Å². The Morgan fingerprint density at radius 2 is 2.16 bits per heavy atom. The van der Waals surface area contributed by atoms with Gasteiger partial charge in [-0.15, -0.1) is 0 Å². The molecular formula is C21H27N7O3. The number of anilines is 3. The molecule has 3 heterocycles. The van der Waals surface area contributed by atoms with Crippen LogP contribution in [-0.4, -0.2) is 48.9 Å². The standard InChI is InChI=1S/C21H27N7O3/c1-12(2)27-9-5-6-14(20(27)30)24-16-10-17(22-4)28-18(26-16)13(11-23-28)19(29)25-15-7-8-21(15,3)31/h5-6,9-12,15,22,31H,7-8H2,1-4H3,(H,24,26)(H,25,29)/t15-,21+/m1/s1. The molecule has 10 heteroatoms. The molecule has 1 aliphatic rings. The molecule has 0 unspecified atom stereocenters. The first-order valence-corrected chi connectivity index (χ1v) is 10.3. The Morgan fingerprint density at radius 1 is 1.39 bits per heavy atom. The van der Waals surface area contributed by atoms with Gasteiger partial charge >= 0.3 is 0 Å². The van der Waals surface area contributed by atoms with Crippen molar-refractivity contribution in [3.63, 3.8) is 0 Å². The van der Waals surface area contributed by atoms with E-state index in [2.05, 4.69) is 26.0 Å². The van der Waals surface area contributed by atoms with Gasteiger partial charge in [0.25, 0.3) is 11.5 Å². The number of aromatic nitrogens is 4. The SMILES string of the molecule is CNc1cc(Nc2cccn(C(C)C)c2=O)nc2c(C(=O)N[C@@H]3CC[C@]3(C)O)cnn12. The first kappa shape index (κ1) is 20.9. The molecule has 164 valence electrons. The smallest absolute Gasteiger partial charge is 0.274 e. The number of rotatable bonds is 6. The van der Waals surface area contributed by atoms with Crippen LogP contribution in [0, 0.1) is 0 Å². The zero-order valence-corrected chi connectivity index (χ0v) is 18.0. The number of carbonyl (C=O) groups excluding carboxylic acids is 1. The summed E-state index contributed by atoms with van der Waals surface area (Å²) in [5.41, 5.74) is -0.0603. The van der Waals surface area contributed by atoms with E-state index in [0.717, 1.165) is 6.42 Å². The second-order valence-electron chi connectivity index (χ2n) is 8.35. The fourth-order valence-electron chi connectivity index (χ4n) is 3.69. The molecule has 1 fully saturated rings. The molecule has 2 atom stereocenters. The lowest BCUT2D eigenvalue weighted by Crippen LogP contribution is -2.58. The highest BCUT2D eigenvalue weighted by molar-refractivity contribution is 6.00. The zero-order valence-electron chi connectivity index (χ0n) is 18.0. The van der Waals surface area contributed by atoms with Gasteiger partial charge in [0.1, 0.15) is 22.9 Å². The van der Waals surface area contributed by atoms with Gasteiger partial charge in [-0.05, 0) is 45.7 Å². The summed E-state index contributed by atoms with van der Waals surface area (Å²) in [6.07, 6.45) is 4.55. The summed E-state index contributed by atoms with van der Waals surface area (Å²) in [7, 11) is 1.74. The second-order valence-corrected chi connectivity index (χ2v) is 8.35. The first-order valence-electron chi connectivity index (χ1n) is 10.3. The Hall–Kier alpha value is -3.40. The average Bonchev–Trinajstić information content (AvgIpc) is 3.16. The third-order valence-electron chi connectivity index (χ3n) is 5.76. The van der Waals surface area contributed by atoms with E-state index in [1.165, 1.54) is 10.7 Å². The molecule has 0 aliphatic heterocycles. The minimum Gasteiger partial charge on any atom is -0.388 e. The summed E-state index contributed by atoms with van der Waals surface area (Å²) in [6.45, 7) is 5.58. The van der Waals surface area contributed by atoms with Crippen molar-refractivity contribution in [2.75, 3.05) is 17.7 Å². The van der Waals surface area contributed by atoms with Crippen molar-refractivity contribution < 1.29 is 9.90 Å². The van der Waals surface area contributed by atoms with Crippen molar-refractivity contribution in [1.82, 2.24) is 24.5 Å². The first-order chi connectivity index (χ1) is 14.7. The van der Waals surface area contributed by atoms with Gasteiger partial charge in [0, 0.05) is 25.4 Å². The molecule has 0 radical (unpaired) electrons. The van der Waals surface area contributed by atoms with Crippen molar-refractivity contribution in [1.29, 1.82) is 0 Å². The summed E-state index contributed by atoms with van der Waals surface area (Å²) in [5, 5.41) is 23.4. The van der Waals surface area contributed by atoms with Gasteiger partial charge in [-0.3, -0.25) is 9.59 Å². The third-order valence-corrected chi connectivity index (χ3v) is 5.76. The van der Waals surface area contributed by atoms with Crippen molar-refractivity contribution in [2.45, 2.75) is 51.3 Å². The predicted octanol–water partition coefficient (Wildman–Crippen LogP) is 1.90. The fraction of sp³-hybridized carbons (Fsp3) is 0.429. The summed E-state index contributed by atoms with van der Waals surface area (Å²) in [6, 6.07) is 4.91. The van der Waals surface area contributed by atoms with Crippen molar-refractivity contribution in [3.8, 4) is 0 Å². The monoisotopic (exact) mass is 425 g/mol. The number of hydrogen-bond acceptors (Lipinski definition) is 7. The van der Waals surface area contributed by atoms with Gasteiger partial charge in [0.05, 0.1) is 17.8 Å². The number of fused-ring (bicyclic) bond motifs is 1.